The fourth-order valence-corrected chi connectivity index (χ4v) is 4.03. The average Bonchev–Trinajstić information content (AvgIpc) is 3.23. The number of rotatable bonds is 11. The molecule has 1 fully saturated rings. The Labute approximate surface area is 186 Å². The summed E-state index contributed by atoms with van der Waals surface area (Å²) in [6.07, 6.45) is 6.25. The molecule has 172 valence electrons. The fraction of sp³-hybridized carbons (Fsp3) is 0.640. The molecular formula is C25H38N2O4. The molecule has 1 saturated carbocycles. The summed E-state index contributed by atoms with van der Waals surface area (Å²) in [7, 11) is 0. The van der Waals surface area contributed by atoms with Gasteiger partial charge in [0.25, 0.3) is 0 Å². The second-order valence-corrected chi connectivity index (χ2v) is 9.21. The Kier molecular flexibility index (Phi) is 10.0. The van der Waals surface area contributed by atoms with Gasteiger partial charge in [-0.05, 0) is 37.7 Å². The van der Waals surface area contributed by atoms with Gasteiger partial charge in [0.2, 0.25) is 11.8 Å². The molecule has 1 aromatic rings. The lowest BCUT2D eigenvalue weighted by Gasteiger charge is -2.25. The molecule has 1 aliphatic carbocycles. The van der Waals surface area contributed by atoms with E-state index >= 15 is 0 Å². The van der Waals surface area contributed by atoms with E-state index in [1.54, 1.807) is 13.8 Å². The van der Waals surface area contributed by atoms with Crippen LogP contribution in [0.4, 0.5) is 0 Å². The first kappa shape index (κ1) is 24.9. The third-order valence-corrected chi connectivity index (χ3v) is 5.76. The molecule has 2 rings (SSSR count). The second-order valence-electron chi connectivity index (χ2n) is 9.21. The summed E-state index contributed by atoms with van der Waals surface area (Å²) in [6, 6.07) is 8.00. The highest BCUT2D eigenvalue weighted by Gasteiger charge is 2.30. The smallest absolute Gasteiger partial charge is 0.329 e. The molecule has 2 atom stereocenters. The predicted octanol–water partition coefficient (Wildman–Crippen LogP) is 3.78. The summed E-state index contributed by atoms with van der Waals surface area (Å²) in [5, 5.41) is 5.71. The van der Waals surface area contributed by atoms with E-state index in [4.69, 9.17) is 4.74 Å². The van der Waals surface area contributed by atoms with Crippen molar-refractivity contribution in [2.75, 3.05) is 0 Å². The number of amides is 2. The molecule has 2 amide bonds. The molecule has 6 heteroatoms. The molecule has 0 heterocycles. The maximum absolute atomic E-state index is 13.0. The van der Waals surface area contributed by atoms with Crippen LogP contribution in [0.3, 0.4) is 0 Å². The zero-order chi connectivity index (χ0) is 22.8. The van der Waals surface area contributed by atoms with E-state index in [-0.39, 0.29) is 23.8 Å². The molecule has 31 heavy (non-hydrogen) atoms. The first-order valence-corrected chi connectivity index (χ1v) is 11.6. The highest BCUT2D eigenvalue weighted by molar-refractivity contribution is 5.91. The summed E-state index contributed by atoms with van der Waals surface area (Å²) < 4.78 is 5.36. The Morgan fingerprint density at radius 1 is 1.00 bits per heavy atom. The number of ether oxygens (including phenoxy) is 1. The van der Waals surface area contributed by atoms with Crippen molar-refractivity contribution in [2.24, 2.45) is 11.8 Å². The van der Waals surface area contributed by atoms with E-state index in [1.807, 2.05) is 44.2 Å². The van der Waals surface area contributed by atoms with Crippen LogP contribution in [0.25, 0.3) is 0 Å². The monoisotopic (exact) mass is 430 g/mol. The summed E-state index contributed by atoms with van der Waals surface area (Å²) >= 11 is 0. The van der Waals surface area contributed by atoms with E-state index in [0.717, 1.165) is 12.0 Å². The lowest BCUT2D eigenvalue weighted by Crippen LogP contribution is -2.54. The summed E-state index contributed by atoms with van der Waals surface area (Å²) in [4.78, 5) is 38.2. The van der Waals surface area contributed by atoms with Crippen LogP contribution in [0.15, 0.2) is 30.3 Å². The van der Waals surface area contributed by atoms with Gasteiger partial charge in [-0.3, -0.25) is 9.59 Å². The molecule has 0 aromatic heterocycles. The predicted molar refractivity (Wildman–Crippen MR) is 121 cm³/mol. The number of benzene rings is 1. The van der Waals surface area contributed by atoms with E-state index in [9.17, 15) is 14.4 Å². The number of nitrogens with one attached hydrogen (secondary N) is 2. The van der Waals surface area contributed by atoms with Crippen LogP contribution in [0.1, 0.15) is 71.8 Å². The molecule has 0 spiro atoms. The van der Waals surface area contributed by atoms with Gasteiger partial charge in [-0.25, -0.2) is 4.79 Å². The topological polar surface area (TPSA) is 84.5 Å². The molecule has 2 unspecified atom stereocenters. The van der Waals surface area contributed by atoms with Crippen molar-refractivity contribution >= 4 is 17.8 Å². The summed E-state index contributed by atoms with van der Waals surface area (Å²) in [5.74, 6) is -0.412. The summed E-state index contributed by atoms with van der Waals surface area (Å²) in [6.45, 7) is 7.34. The second kappa shape index (κ2) is 12.5. The third kappa shape index (κ3) is 8.72. The first-order valence-electron chi connectivity index (χ1n) is 11.6. The zero-order valence-electron chi connectivity index (χ0n) is 19.4. The standard InChI is InChI=1S/C25H38N2O4/c1-17(2)23(27-22(28)15-14-19-10-8-9-11-19)24(29)26-21(25(30)31-18(3)4)16-20-12-6-5-7-13-20/h5-7,12-13,17-19,21,23H,8-11,14-16H2,1-4H3,(H,26,29)(H,27,28). The van der Waals surface area contributed by atoms with Crippen molar-refractivity contribution in [3.05, 3.63) is 35.9 Å². The first-order chi connectivity index (χ1) is 14.8. The Balaban J connectivity index is 2.00. The number of carbonyl (C=O) groups is 3. The number of carbonyl (C=O) groups excluding carboxylic acids is 3. The van der Waals surface area contributed by atoms with Gasteiger partial charge in [0.15, 0.2) is 0 Å². The van der Waals surface area contributed by atoms with Gasteiger partial charge in [0.05, 0.1) is 6.10 Å². The SMILES string of the molecule is CC(C)OC(=O)C(Cc1ccccc1)NC(=O)C(NC(=O)CCC1CCCC1)C(C)C. The van der Waals surface area contributed by atoms with Crippen molar-refractivity contribution in [3.63, 3.8) is 0 Å². The van der Waals surface area contributed by atoms with Crippen molar-refractivity contribution in [3.8, 4) is 0 Å². The molecule has 1 aliphatic rings. The quantitative estimate of drug-likeness (QED) is 0.523. The van der Waals surface area contributed by atoms with Crippen molar-refractivity contribution in [1.82, 2.24) is 10.6 Å². The van der Waals surface area contributed by atoms with E-state index in [1.165, 1.54) is 25.7 Å². The van der Waals surface area contributed by atoms with Crippen LogP contribution < -0.4 is 10.6 Å². The Morgan fingerprint density at radius 3 is 2.23 bits per heavy atom. The lowest BCUT2D eigenvalue weighted by molar-refractivity contribution is -0.151. The van der Waals surface area contributed by atoms with Crippen LogP contribution in [0, 0.1) is 11.8 Å². The molecule has 0 aliphatic heterocycles. The van der Waals surface area contributed by atoms with Crippen molar-refractivity contribution < 1.29 is 19.1 Å². The molecular weight excluding hydrogens is 392 g/mol. The Hall–Kier alpha value is -2.37. The van der Waals surface area contributed by atoms with Crippen molar-refractivity contribution in [2.45, 2.75) is 90.8 Å². The van der Waals surface area contributed by atoms with Crippen LogP contribution in [-0.2, 0) is 25.5 Å². The Bertz CT molecular complexity index is 711. The number of hydrogen-bond acceptors (Lipinski definition) is 4. The van der Waals surface area contributed by atoms with Crippen molar-refractivity contribution in [1.29, 1.82) is 0 Å². The van der Waals surface area contributed by atoms with Crippen LogP contribution in [-0.4, -0.2) is 36.0 Å². The minimum atomic E-state index is -0.811. The minimum absolute atomic E-state index is 0.103. The van der Waals surface area contributed by atoms with Gasteiger partial charge in [-0.1, -0.05) is 69.9 Å². The van der Waals surface area contributed by atoms with Gasteiger partial charge in [-0.2, -0.15) is 0 Å². The fourth-order valence-electron chi connectivity index (χ4n) is 4.03. The molecule has 1 aromatic carbocycles. The molecule has 6 nitrogen and oxygen atoms in total. The molecule has 0 radical (unpaired) electrons. The molecule has 2 N–H and O–H groups in total. The van der Waals surface area contributed by atoms with E-state index in [2.05, 4.69) is 10.6 Å². The van der Waals surface area contributed by atoms with E-state index in [0.29, 0.717) is 18.8 Å². The Morgan fingerprint density at radius 2 is 1.65 bits per heavy atom. The van der Waals surface area contributed by atoms with Crippen LogP contribution in [0.2, 0.25) is 0 Å². The lowest BCUT2D eigenvalue weighted by atomic mass is 9.99. The zero-order valence-corrected chi connectivity index (χ0v) is 19.4. The highest BCUT2D eigenvalue weighted by Crippen LogP contribution is 2.28. The average molecular weight is 431 g/mol. The third-order valence-electron chi connectivity index (χ3n) is 5.76. The highest BCUT2D eigenvalue weighted by atomic mass is 16.5. The largest absolute Gasteiger partial charge is 0.461 e. The van der Waals surface area contributed by atoms with Gasteiger partial charge < -0.3 is 15.4 Å². The van der Waals surface area contributed by atoms with Crippen LogP contribution >= 0.6 is 0 Å². The maximum atomic E-state index is 13.0. The number of hydrogen-bond donors (Lipinski definition) is 2. The van der Waals surface area contributed by atoms with Crippen LogP contribution in [0.5, 0.6) is 0 Å². The maximum Gasteiger partial charge on any atom is 0.329 e. The van der Waals surface area contributed by atoms with E-state index < -0.39 is 18.1 Å². The van der Waals surface area contributed by atoms with Gasteiger partial charge >= 0.3 is 5.97 Å². The minimum Gasteiger partial charge on any atom is -0.461 e. The molecule has 0 bridgehead atoms. The van der Waals surface area contributed by atoms with Gasteiger partial charge in [0, 0.05) is 12.8 Å². The van der Waals surface area contributed by atoms with Gasteiger partial charge in [0.1, 0.15) is 12.1 Å². The number of esters is 1. The normalized spacial score (nSPS) is 16.2. The molecule has 0 saturated heterocycles. The summed E-state index contributed by atoms with van der Waals surface area (Å²) in [5.41, 5.74) is 0.926. The van der Waals surface area contributed by atoms with Gasteiger partial charge in [-0.15, -0.1) is 0 Å².